The fourth-order valence-corrected chi connectivity index (χ4v) is 1.21. The molecule has 0 fully saturated rings. The van der Waals surface area contributed by atoms with E-state index >= 15 is 0 Å². The predicted octanol–water partition coefficient (Wildman–Crippen LogP) is 2.80. The summed E-state index contributed by atoms with van der Waals surface area (Å²) in [5.74, 6) is 0.285. The van der Waals surface area contributed by atoms with Crippen molar-refractivity contribution in [1.82, 2.24) is 6.15 Å². The van der Waals surface area contributed by atoms with Gasteiger partial charge in [0.1, 0.15) is 0 Å². The summed E-state index contributed by atoms with van der Waals surface area (Å²) in [5.41, 5.74) is 0.600. The quantitative estimate of drug-likeness (QED) is 0.779. The molecule has 4 N–H and O–H groups in total. The molecule has 80 valence electrons. The lowest BCUT2D eigenvalue weighted by Gasteiger charge is -2.27. The van der Waals surface area contributed by atoms with Crippen molar-refractivity contribution < 1.29 is 5.11 Å². The Morgan fingerprint density at radius 1 is 1.21 bits per heavy atom. The van der Waals surface area contributed by atoms with Crippen molar-refractivity contribution in [2.75, 3.05) is 0 Å². The second-order valence-corrected chi connectivity index (χ2v) is 4.17. The average Bonchev–Trinajstić information content (AvgIpc) is 2.05. The van der Waals surface area contributed by atoms with E-state index in [2.05, 4.69) is 12.1 Å². The third-order valence-corrected chi connectivity index (χ3v) is 2.65. The van der Waals surface area contributed by atoms with E-state index in [1.807, 2.05) is 39.0 Å². The molecule has 0 aliphatic rings. The molecule has 0 spiro atoms. The zero-order valence-corrected chi connectivity index (χ0v) is 9.33. The van der Waals surface area contributed by atoms with Gasteiger partial charge in [0.05, 0.1) is 5.60 Å². The van der Waals surface area contributed by atoms with E-state index in [1.54, 1.807) is 0 Å². The molecule has 0 saturated carbocycles. The second-order valence-electron chi connectivity index (χ2n) is 4.17. The largest absolute Gasteiger partial charge is 0.390 e. The van der Waals surface area contributed by atoms with Crippen LogP contribution in [0, 0.1) is 5.92 Å². The van der Waals surface area contributed by atoms with E-state index in [0.717, 1.165) is 6.42 Å². The Bertz CT molecular complexity index is 254. The molecule has 0 heterocycles. The summed E-state index contributed by atoms with van der Waals surface area (Å²) in [6.45, 7) is 5.98. The fourth-order valence-electron chi connectivity index (χ4n) is 1.21. The van der Waals surface area contributed by atoms with Crippen LogP contribution in [-0.4, -0.2) is 10.7 Å². The topological polar surface area (TPSA) is 55.2 Å². The number of benzene rings is 1. The molecule has 0 amide bonds. The minimum atomic E-state index is -0.596. The Morgan fingerprint density at radius 3 is 2.14 bits per heavy atom. The van der Waals surface area contributed by atoms with Crippen LogP contribution >= 0.6 is 0 Å². The number of aliphatic hydroxyl groups is 1. The van der Waals surface area contributed by atoms with Gasteiger partial charge in [0.25, 0.3) is 0 Å². The molecule has 0 saturated heterocycles. The van der Waals surface area contributed by atoms with Crippen molar-refractivity contribution in [2.45, 2.75) is 32.8 Å². The van der Waals surface area contributed by atoms with E-state index in [1.165, 1.54) is 5.56 Å². The van der Waals surface area contributed by atoms with Gasteiger partial charge in [-0.1, -0.05) is 44.2 Å². The van der Waals surface area contributed by atoms with Crippen molar-refractivity contribution in [3.63, 3.8) is 0 Å². The SMILES string of the molecule is CC(C)C(C)(O)Cc1ccccc1.N. The van der Waals surface area contributed by atoms with Crippen LogP contribution in [0.1, 0.15) is 26.3 Å². The first kappa shape index (κ1) is 13.1. The molecule has 2 heteroatoms. The molecule has 1 aromatic rings. The summed E-state index contributed by atoms with van der Waals surface area (Å²) in [7, 11) is 0. The lowest BCUT2D eigenvalue weighted by molar-refractivity contribution is 0.0140. The molecular weight excluding hydrogens is 174 g/mol. The highest BCUT2D eigenvalue weighted by molar-refractivity contribution is 5.16. The Kier molecular flexibility index (Phi) is 4.81. The van der Waals surface area contributed by atoms with Gasteiger partial charge in [-0.3, -0.25) is 0 Å². The van der Waals surface area contributed by atoms with Crippen LogP contribution in [0.15, 0.2) is 30.3 Å². The molecule has 0 aliphatic carbocycles. The van der Waals surface area contributed by atoms with Crippen molar-refractivity contribution in [2.24, 2.45) is 5.92 Å². The minimum absolute atomic E-state index is 0. The van der Waals surface area contributed by atoms with Gasteiger partial charge in [-0.05, 0) is 18.4 Å². The monoisotopic (exact) mass is 195 g/mol. The first-order chi connectivity index (χ1) is 6.02. The first-order valence-electron chi connectivity index (χ1n) is 4.78. The normalized spacial score (nSPS) is 14.6. The zero-order valence-electron chi connectivity index (χ0n) is 9.33. The maximum Gasteiger partial charge on any atom is 0.0682 e. The summed E-state index contributed by atoms with van der Waals surface area (Å²) in [5, 5.41) is 10.0. The summed E-state index contributed by atoms with van der Waals surface area (Å²) in [6.07, 6.45) is 0.728. The van der Waals surface area contributed by atoms with Crippen LogP contribution in [0.3, 0.4) is 0 Å². The molecule has 0 radical (unpaired) electrons. The van der Waals surface area contributed by atoms with Gasteiger partial charge in [0.2, 0.25) is 0 Å². The number of hydrogen-bond donors (Lipinski definition) is 2. The van der Waals surface area contributed by atoms with Crippen LogP contribution in [0.4, 0.5) is 0 Å². The van der Waals surface area contributed by atoms with Crippen molar-refractivity contribution in [1.29, 1.82) is 0 Å². The van der Waals surface area contributed by atoms with Crippen LogP contribution in [0.5, 0.6) is 0 Å². The number of hydrogen-bond acceptors (Lipinski definition) is 2. The number of rotatable bonds is 3. The van der Waals surface area contributed by atoms with Crippen molar-refractivity contribution in [3.8, 4) is 0 Å². The molecule has 0 aromatic heterocycles. The molecular formula is C12H21NO. The van der Waals surface area contributed by atoms with Crippen LogP contribution in [0.2, 0.25) is 0 Å². The summed E-state index contributed by atoms with van der Waals surface area (Å²) in [6, 6.07) is 10.1. The molecule has 1 aromatic carbocycles. The summed E-state index contributed by atoms with van der Waals surface area (Å²) >= 11 is 0. The molecule has 14 heavy (non-hydrogen) atoms. The van der Waals surface area contributed by atoms with Crippen LogP contribution < -0.4 is 6.15 Å². The maximum atomic E-state index is 10.0. The molecule has 1 atom stereocenters. The fraction of sp³-hybridized carbons (Fsp3) is 0.500. The van der Waals surface area contributed by atoms with E-state index < -0.39 is 5.60 Å². The summed E-state index contributed by atoms with van der Waals surface area (Å²) < 4.78 is 0. The first-order valence-corrected chi connectivity index (χ1v) is 4.78. The Morgan fingerprint density at radius 2 is 1.71 bits per heavy atom. The molecule has 0 bridgehead atoms. The molecule has 1 unspecified atom stereocenters. The van der Waals surface area contributed by atoms with Gasteiger partial charge in [-0.15, -0.1) is 0 Å². The van der Waals surface area contributed by atoms with Gasteiger partial charge in [-0.25, -0.2) is 0 Å². The highest BCUT2D eigenvalue weighted by atomic mass is 16.3. The van der Waals surface area contributed by atoms with Crippen molar-refractivity contribution >= 4 is 0 Å². The van der Waals surface area contributed by atoms with Gasteiger partial charge < -0.3 is 11.3 Å². The third-order valence-electron chi connectivity index (χ3n) is 2.65. The lowest BCUT2D eigenvalue weighted by Crippen LogP contribution is -2.33. The van der Waals surface area contributed by atoms with Gasteiger partial charge >= 0.3 is 0 Å². The Balaban J connectivity index is 0.00000169. The highest BCUT2D eigenvalue weighted by Gasteiger charge is 2.24. The van der Waals surface area contributed by atoms with Crippen molar-refractivity contribution in [3.05, 3.63) is 35.9 Å². The molecule has 1 rings (SSSR count). The Labute approximate surface area is 86.6 Å². The minimum Gasteiger partial charge on any atom is -0.390 e. The van der Waals surface area contributed by atoms with Crippen LogP contribution in [-0.2, 0) is 6.42 Å². The van der Waals surface area contributed by atoms with E-state index in [-0.39, 0.29) is 12.1 Å². The van der Waals surface area contributed by atoms with E-state index in [4.69, 9.17) is 0 Å². The second kappa shape index (κ2) is 5.13. The van der Waals surface area contributed by atoms with E-state index in [0.29, 0.717) is 0 Å². The maximum absolute atomic E-state index is 10.0. The van der Waals surface area contributed by atoms with E-state index in [9.17, 15) is 5.11 Å². The smallest absolute Gasteiger partial charge is 0.0682 e. The average molecular weight is 195 g/mol. The van der Waals surface area contributed by atoms with Crippen LogP contribution in [0.25, 0.3) is 0 Å². The standard InChI is InChI=1S/C12H18O.H3N/c1-10(2)12(3,13)9-11-7-5-4-6-8-11;/h4-8,10,13H,9H2,1-3H3;1H3. The zero-order chi connectivity index (χ0) is 9.90. The lowest BCUT2D eigenvalue weighted by atomic mass is 9.86. The van der Waals surface area contributed by atoms with Gasteiger partial charge in [0.15, 0.2) is 0 Å². The van der Waals surface area contributed by atoms with Gasteiger partial charge in [0, 0.05) is 6.42 Å². The summed E-state index contributed by atoms with van der Waals surface area (Å²) in [4.78, 5) is 0. The predicted molar refractivity (Wildman–Crippen MR) is 60.6 cm³/mol. The highest BCUT2D eigenvalue weighted by Crippen LogP contribution is 2.21. The third kappa shape index (κ3) is 3.48. The van der Waals surface area contributed by atoms with Gasteiger partial charge in [-0.2, -0.15) is 0 Å². The molecule has 0 aliphatic heterocycles. The molecule has 2 nitrogen and oxygen atoms in total. The Hall–Kier alpha value is -0.860.